The fraction of sp³-hybridized carbons (Fsp3) is 0.700. The van der Waals surface area contributed by atoms with E-state index in [1.165, 1.54) is 0 Å². The van der Waals surface area contributed by atoms with Crippen molar-refractivity contribution in [2.24, 2.45) is 5.73 Å². The van der Waals surface area contributed by atoms with Gasteiger partial charge in [0.15, 0.2) is 0 Å². The van der Waals surface area contributed by atoms with Gasteiger partial charge in [-0.1, -0.05) is 0 Å². The van der Waals surface area contributed by atoms with Crippen LogP contribution in [-0.2, 0) is 0 Å². The predicted molar refractivity (Wildman–Crippen MR) is 58.8 cm³/mol. The smallest absolute Gasteiger partial charge is 0.124 e. The largest absolute Gasteiger partial charge is 0.368 e. The standard InChI is InChI=1S/C10H17N5/c11-10(2-3-10)7-13-9-1-4-14-15(9)8-5-12-6-8/h1,4,8,12-13H,2-3,5-7,11H2. The number of aromatic nitrogens is 2. The van der Waals surface area contributed by atoms with Gasteiger partial charge in [0.05, 0.1) is 12.2 Å². The van der Waals surface area contributed by atoms with E-state index in [0.29, 0.717) is 6.04 Å². The molecule has 0 spiro atoms. The quantitative estimate of drug-likeness (QED) is 0.646. The Morgan fingerprint density at radius 2 is 2.40 bits per heavy atom. The summed E-state index contributed by atoms with van der Waals surface area (Å²) in [5.74, 6) is 1.10. The molecule has 1 aliphatic heterocycles. The fourth-order valence-electron chi connectivity index (χ4n) is 1.80. The molecule has 1 aromatic heterocycles. The Morgan fingerprint density at radius 1 is 1.60 bits per heavy atom. The minimum atomic E-state index is 0.0486. The highest BCUT2D eigenvalue weighted by molar-refractivity contribution is 5.36. The highest BCUT2D eigenvalue weighted by Crippen LogP contribution is 2.32. The molecule has 15 heavy (non-hydrogen) atoms. The topological polar surface area (TPSA) is 67.9 Å². The van der Waals surface area contributed by atoms with Crippen LogP contribution in [0.1, 0.15) is 18.9 Å². The second-order valence-corrected chi connectivity index (χ2v) is 4.69. The predicted octanol–water partition coefficient (Wildman–Crippen LogP) is -0.0694. The first-order valence-electron chi connectivity index (χ1n) is 5.54. The Morgan fingerprint density at radius 3 is 3.00 bits per heavy atom. The zero-order valence-electron chi connectivity index (χ0n) is 8.74. The number of nitrogens with zero attached hydrogens (tertiary/aromatic N) is 2. The van der Waals surface area contributed by atoms with Gasteiger partial charge in [-0.3, -0.25) is 0 Å². The van der Waals surface area contributed by atoms with Crippen LogP contribution in [0.25, 0.3) is 0 Å². The Labute approximate surface area is 89.0 Å². The molecule has 0 unspecified atom stereocenters. The molecule has 2 heterocycles. The van der Waals surface area contributed by atoms with Crippen molar-refractivity contribution < 1.29 is 0 Å². The summed E-state index contributed by atoms with van der Waals surface area (Å²) in [6.07, 6.45) is 4.12. The third-order valence-corrected chi connectivity index (χ3v) is 3.29. The van der Waals surface area contributed by atoms with Crippen LogP contribution in [0, 0.1) is 0 Å². The monoisotopic (exact) mass is 207 g/mol. The average Bonchev–Trinajstić information content (AvgIpc) is 2.71. The van der Waals surface area contributed by atoms with Crippen molar-refractivity contribution in [1.82, 2.24) is 15.1 Å². The normalized spacial score (nSPS) is 23.5. The molecule has 0 amide bonds. The molecular formula is C10H17N5. The van der Waals surface area contributed by atoms with Gasteiger partial charge in [0.25, 0.3) is 0 Å². The van der Waals surface area contributed by atoms with E-state index in [1.54, 1.807) is 0 Å². The van der Waals surface area contributed by atoms with Gasteiger partial charge in [-0.25, -0.2) is 4.68 Å². The first-order valence-corrected chi connectivity index (χ1v) is 5.54. The van der Waals surface area contributed by atoms with Crippen molar-refractivity contribution in [1.29, 1.82) is 0 Å². The molecule has 3 rings (SSSR count). The van der Waals surface area contributed by atoms with E-state index in [-0.39, 0.29) is 5.54 Å². The SMILES string of the molecule is NC1(CNc2ccnn2C2CNC2)CC1. The summed E-state index contributed by atoms with van der Waals surface area (Å²) in [5, 5.41) is 11.0. The summed E-state index contributed by atoms with van der Waals surface area (Å²) in [4.78, 5) is 0. The third kappa shape index (κ3) is 1.72. The van der Waals surface area contributed by atoms with Crippen molar-refractivity contribution in [3.63, 3.8) is 0 Å². The summed E-state index contributed by atoms with van der Waals surface area (Å²) < 4.78 is 2.06. The fourth-order valence-corrected chi connectivity index (χ4v) is 1.80. The van der Waals surface area contributed by atoms with Crippen molar-refractivity contribution in [3.8, 4) is 0 Å². The van der Waals surface area contributed by atoms with Gasteiger partial charge in [-0.2, -0.15) is 5.10 Å². The van der Waals surface area contributed by atoms with Crippen LogP contribution in [-0.4, -0.2) is 35.0 Å². The summed E-state index contributed by atoms with van der Waals surface area (Å²) >= 11 is 0. The molecule has 2 aliphatic rings. The molecular weight excluding hydrogens is 190 g/mol. The Balaban J connectivity index is 1.65. The molecule has 1 saturated heterocycles. The van der Waals surface area contributed by atoms with Crippen LogP contribution >= 0.6 is 0 Å². The molecule has 0 radical (unpaired) electrons. The number of hydrogen-bond donors (Lipinski definition) is 3. The van der Waals surface area contributed by atoms with Crippen LogP contribution in [0.5, 0.6) is 0 Å². The van der Waals surface area contributed by atoms with E-state index in [9.17, 15) is 0 Å². The van der Waals surface area contributed by atoms with Crippen LogP contribution in [0.15, 0.2) is 12.3 Å². The molecule has 1 saturated carbocycles. The van der Waals surface area contributed by atoms with Gasteiger partial charge in [0.2, 0.25) is 0 Å². The lowest BCUT2D eigenvalue weighted by Crippen LogP contribution is -2.44. The van der Waals surface area contributed by atoms with E-state index in [0.717, 1.165) is 38.3 Å². The Bertz CT molecular complexity index is 350. The molecule has 2 fully saturated rings. The molecule has 1 aromatic rings. The van der Waals surface area contributed by atoms with Crippen molar-refractivity contribution in [2.45, 2.75) is 24.4 Å². The number of rotatable bonds is 4. The lowest BCUT2D eigenvalue weighted by atomic mass is 10.2. The maximum Gasteiger partial charge on any atom is 0.124 e. The van der Waals surface area contributed by atoms with Gasteiger partial charge in [0.1, 0.15) is 5.82 Å². The summed E-state index contributed by atoms with van der Waals surface area (Å²) in [6, 6.07) is 2.53. The molecule has 0 atom stereocenters. The molecule has 5 heteroatoms. The Hall–Kier alpha value is -1.07. The maximum atomic E-state index is 6.03. The highest BCUT2D eigenvalue weighted by atomic mass is 15.4. The number of anilines is 1. The van der Waals surface area contributed by atoms with Crippen LogP contribution in [0.4, 0.5) is 5.82 Å². The number of nitrogens with one attached hydrogen (secondary N) is 2. The van der Waals surface area contributed by atoms with Crippen molar-refractivity contribution in [2.75, 3.05) is 25.0 Å². The molecule has 82 valence electrons. The van der Waals surface area contributed by atoms with Gasteiger partial charge >= 0.3 is 0 Å². The molecule has 1 aliphatic carbocycles. The van der Waals surface area contributed by atoms with Crippen molar-refractivity contribution >= 4 is 5.82 Å². The van der Waals surface area contributed by atoms with E-state index >= 15 is 0 Å². The van der Waals surface area contributed by atoms with E-state index in [4.69, 9.17) is 5.73 Å². The van der Waals surface area contributed by atoms with Crippen LogP contribution in [0.3, 0.4) is 0 Å². The lowest BCUT2D eigenvalue weighted by molar-refractivity contribution is 0.321. The summed E-state index contributed by atoms with van der Waals surface area (Å²) in [7, 11) is 0. The number of hydrogen-bond acceptors (Lipinski definition) is 4. The highest BCUT2D eigenvalue weighted by Gasteiger charge is 2.38. The van der Waals surface area contributed by atoms with E-state index in [2.05, 4.69) is 20.4 Å². The van der Waals surface area contributed by atoms with Gasteiger partial charge < -0.3 is 16.4 Å². The molecule has 0 aromatic carbocycles. The zero-order chi connectivity index (χ0) is 10.3. The van der Waals surface area contributed by atoms with Gasteiger partial charge in [-0.15, -0.1) is 0 Å². The molecule has 5 nitrogen and oxygen atoms in total. The number of nitrogens with two attached hydrogens (primary N) is 1. The first kappa shape index (κ1) is 9.18. The first-order chi connectivity index (χ1) is 7.27. The lowest BCUT2D eigenvalue weighted by Gasteiger charge is -2.29. The molecule has 4 N–H and O–H groups in total. The molecule has 0 bridgehead atoms. The Kier molecular flexibility index (Phi) is 1.97. The summed E-state index contributed by atoms with van der Waals surface area (Å²) in [6.45, 7) is 2.90. The minimum Gasteiger partial charge on any atom is -0.368 e. The second-order valence-electron chi connectivity index (χ2n) is 4.69. The second kappa shape index (κ2) is 3.21. The van der Waals surface area contributed by atoms with E-state index < -0.39 is 0 Å². The summed E-state index contributed by atoms with van der Waals surface area (Å²) in [5.41, 5.74) is 6.08. The van der Waals surface area contributed by atoms with E-state index in [1.807, 2.05) is 12.3 Å². The maximum absolute atomic E-state index is 6.03. The van der Waals surface area contributed by atoms with Crippen LogP contribution in [0.2, 0.25) is 0 Å². The minimum absolute atomic E-state index is 0.0486. The third-order valence-electron chi connectivity index (χ3n) is 3.29. The van der Waals surface area contributed by atoms with Crippen LogP contribution < -0.4 is 16.4 Å². The van der Waals surface area contributed by atoms with Crippen molar-refractivity contribution in [3.05, 3.63) is 12.3 Å². The van der Waals surface area contributed by atoms with Gasteiger partial charge in [-0.05, 0) is 12.8 Å². The zero-order valence-corrected chi connectivity index (χ0v) is 8.74. The average molecular weight is 207 g/mol. The van der Waals surface area contributed by atoms with Gasteiger partial charge in [0, 0.05) is 31.2 Å².